The first kappa shape index (κ1) is 12.1. The number of likely N-dealkylation sites (N-methyl/N-ethyl adjacent to an activating group) is 1. The zero-order valence-electron chi connectivity index (χ0n) is 10.3. The molecule has 94 valence electrons. The Kier molecular flexibility index (Phi) is 3.81. The highest BCUT2D eigenvalue weighted by atomic mass is 16.2. The molecule has 1 aliphatic rings. The van der Waals surface area contributed by atoms with Gasteiger partial charge in [0.15, 0.2) is 0 Å². The van der Waals surface area contributed by atoms with Crippen molar-refractivity contribution in [3.63, 3.8) is 0 Å². The predicted octanol–water partition coefficient (Wildman–Crippen LogP) is -0.279. The van der Waals surface area contributed by atoms with Crippen molar-refractivity contribution in [1.29, 1.82) is 0 Å². The van der Waals surface area contributed by atoms with Gasteiger partial charge in [-0.05, 0) is 18.7 Å². The quantitative estimate of drug-likeness (QED) is 0.785. The van der Waals surface area contributed by atoms with Gasteiger partial charge in [0, 0.05) is 45.1 Å². The van der Waals surface area contributed by atoms with Gasteiger partial charge in [0.2, 0.25) is 5.91 Å². The van der Waals surface area contributed by atoms with Gasteiger partial charge in [-0.15, -0.1) is 0 Å². The Morgan fingerprint density at radius 1 is 1.35 bits per heavy atom. The van der Waals surface area contributed by atoms with Crippen LogP contribution in [0.1, 0.15) is 5.56 Å². The van der Waals surface area contributed by atoms with E-state index in [0.717, 1.165) is 31.7 Å². The molecule has 5 heteroatoms. The molecule has 2 heterocycles. The maximum atomic E-state index is 12.0. The van der Waals surface area contributed by atoms with Crippen molar-refractivity contribution in [3.05, 3.63) is 24.0 Å². The van der Waals surface area contributed by atoms with E-state index in [2.05, 4.69) is 11.9 Å². The van der Waals surface area contributed by atoms with Crippen molar-refractivity contribution >= 4 is 5.91 Å². The number of hydrogen-bond acceptors (Lipinski definition) is 3. The van der Waals surface area contributed by atoms with Crippen LogP contribution in [-0.2, 0) is 17.9 Å². The molecular formula is C12H20N4O. The fraction of sp³-hybridized carbons (Fsp3) is 0.583. The number of carbonyl (C=O) groups excluding carboxylic acids is 1. The molecule has 2 rings (SSSR count). The molecule has 0 aliphatic carbocycles. The second-order valence-electron chi connectivity index (χ2n) is 4.58. The van der Waals surface area contributed by atoms with Gasteiger partial charge >= 0.3 is 0 Å². The first-order valence-electron chi connectivity index (χ1n) is 6.00. The van der Waals surface area contributed by atoms with E-state index in [1.165, 1.54) is 0 Å². The van der Waals surface area contributed by atoms with E-state index >= 15 is 0 Å². The van der Waals surface area contributed by atoms with Crippen molar-refractivity contribution in [2.75, 3.05) is 33.2 Å². The van der Waals surface area contributed by atoms with Gasteiger partial charge in [0.05, 0.1) is 0 Å². The molecule has 1 fully saturated rings. The molecular weight excluding hydrogens is 216 g/mol. The number of amides is 1. The van der Waals surface area contributed by atoms with E-state index in [1.807, 2.05) is 27.9 Å². The van der Waals surface area contributed by atoms with Crippen LogP contribution >= 0.6 is 0 Å². The average molecular weight is 236 g/mol. The number of carbonyl (C=O) groups is 1. The van der Waals surface area contributed by atoms with Crippen molar-refractivity contribution in [1.82, 2.24) is 14.4 Å². The molecule has 0 spiro atoms. The number of aromatic nitrogens is 1. The fourth-order valence-corrected chi connectivity index (χ4v) is 2.02. The Labute approximate surface area is 102 Å². The van der Waals surface area contributed by atoms with Crippen molar-refractivity contribution in [2.45, 2.75) is 13.1 Å². The van der Waals surface area contributed by atoms with E-state index in [0.29, 0.717) is 13.1 Å². The summed E-state index contributed by atoms with van der Waals surface area (Å²) in [7, 11) is 2.08. The molecule has 1 amide bonds. The maximum Gasteiger partial charge on any atom is 0.242 e. The summed E-state index contributed by atoms with van der Waals surface area (Å²) in [5.41, 5.74) is 6.60. The molecule has 0 unspecified atom stereocenters. The molecule has 1 aliphatic heterocycles. The monoisotopic (exact) mass is 236 g/mol. The predicted molar refractivity (Wildman–Crippen MR) is 66.4 cm³/mol. The first-order chi connectivity index (χ1) is 8.19. The third-order valence-electron chi connectivity index (χ3n) is 3.22. The highest BCUT2D eigenvalue weighted by molar-refractivity contribution is 5.76. The summed E-state index contributed by atoms with van der Waals surface area (Å²) in [6.07, 6.45) is 3.85. The molecule has 0 atom stereocenters. The summed E-state index contributed by atoms with van der Waals surface area (Å²) in [4.78, 5) is 16.2. The normalized spacial score (nSPS) is 17.4. The van der Waals surface area contributed by atoms with Gasteiger partial charge in [0.25, 0.3) is 0 Å². The van der Waals surface area contributed by atoms with Crippen LogP contribution in [0.25, 0.3) is 0 Å². The second kappa shape index (κ2) is 5.33. The third-order valence-corrected chi connectivity index (χ3v) is 3.22. The Hall–Kier alpha value is -1.33. The number of rotatable bonds is 3. The van der Waals surface area contributed by atoms with E-state index in [1.54, 1.807) is 0 Å². The number of nitrogens with zero attached hydrogens (tertiary/aromatic N) is 3. The molecule has 17 heavy (non-hydrogen) atoms. The number of piperazine rings is 1. The van der Waals surface area contributed by atoms with Crippen LogP contribution in [0.3, 0.4) is 0 Å². The minimum Gasteiger partial charge on any atom is -0.345 e. The number of nitrogens with two attached hydrogens (primary N) is 1. The summed E-state index contributed by atoms with van der Waals surface area (Å²) in [6.45, 7) is 4.54. The maximum absolute atomic E-state index is 12.0. The van der Waals surface area contributed by atoms with E-state index in [-0.39, 0.29) is 5.91 Å². The molecule has 1 aromatic rings. The van der Waals surface area contributed by atoms with Gasteiger partial charge in [-0.25, -0.2) is 0 Å². The Bertz CT molecular complexity index is 380. The Morgan fingerprint density at radius 3 is 2.65 bits per heavy atom. The minimum atomic E-state index is 0.192. The lowest BCUT2D eigenvalue weighted by Crippen LogP contribution is -2.48. The van der Waals surface area contributed by atoms with Crippen LogP contribution in [0.4, 0.5) is 0 Å². The fourth-order valence-electron chi connectivity index (χ4n) is 2.02. The van der Waals surface area contributed by atoms with E-state index in [9.17, 15) is 4.79 Å². The minimum absolute atomic E-state index is 0.192. The van der Waals surface area contributed by atoms with Crippen molar-refractivity contribution in [3.8, 4) is 0 Å². The third kappa shape index (κ3) is 3.08. The van der Waals surface area contributed by atoms with E-state index < -0.39 is 0 Å². The van der Waals surface area contributed by atoms with Gasteiger partial charge in [-0.1, -0.05) is 0 Å². The number of hydrogen-bond donors (Lipinski definition) is 1. The largest absolute Gasteiger partial charge is 0.345 e. The molecule has 0 aromatic carbocycles. The van der Waals surface area contributed by atoms with Crippen LogP contribution in [0.2, 0.25) is 0 Å². The lowest BCUT2D eigenvalue weighted by atomic mass is 10.3. The molecule has 0 radical (unpaired) electrons. The zero-order chi connectivity index (χ0) is 12.3. The Morgan fingerprint density at radius 2 is 2.06 bits per heavy atom. The summed E-state index contributed by atoms with van der Waals surface area (Å²) < 4.78 is 1.91. The van der Waals surface area contributed by atoms with Crippen molar-refractivity contribution < 1.29 is 4.79 Å². The molecule has 0 saturated carbocycles. The van der Waals surface area contributed by atoms with Crippen LogP contribution in [0, 0.1) is 0 Å². The summed E-state index contributed by atoms with van der Waals surface area (Å²) >= 11 is 0. The van der Waals surface area contributed by atoms with Crippen LogP contribution in [-0.4, -0.2) is 53.5 Å². The highest BCUT2D eigenvalue weighted by Gasteiger charge is 2.18. The lowest BCUT2D eigenvalue weighted by molar-refractivity contribution is -0.133. The first-order valence-corrected chi connectivity index (χ1v) is 6.00. The smallest absolute Gasteiger partial charge is 0.242 e. The summed E-state index contributed by atoms with van der Waals surface area (Å²) in [5, 5.41) is 0. The van der Waals surface area contributed by atoms with Gasteiger partial charge < -0.3 is 20.1 Å². The Balaban J connectivity index is 1.88. The second-order valence-corrected chi connectivity index (χ2v) is 4.58. The van der Waals surface area contributed by atoms with Crippen LogP contribution in [0.15, 0.2) is 18.5 Å². The van der Waals surface area contributed by atoms with Crippen LogP contribution in [0.5, 0.6) is 0 Å². The summed E-state index contributed by atoms with van der Waals surface area (Å²) in [5.74, 6) is 0.192. The molecule has 2 N–H and O–H groups in total. The molecule has 5 nitrogen and oxygen atoms in total. The van der Waals surface area contributed by atoms with Crippen molar-refractivity contribution in [2.24, 2.45) is 5.73 Å². The summed E-state index contributed by atoms with van der Waals surface area (Å²) in [6, 6.07) is 1.96. The topological polar surface area (TPSA) is 54.5 Å². The van der Waals surface area contributed by atoms with Gasteiger partial charge in [0.1, 0.15) is 6.54 Å². The molecule has 1 aromatic heterocycles. The standard InChI is InChI=1S/C12H20N4O/c1-14-4-6-16(7-5-14)12(17)10-15-3-2-11(8-13)9-15/h2-3,9H,4-8,10,13H2,1H3. The van der Waals surface area contributed by atoms with Crippen LogP contribution < -0.4 is 5.73 Å². The average Bonchev–Trinajstić information content (AvgIpc) is 2.77. The SMILES string of the molecule is CN1CCN(C(=O)Cn2ccc(CN)c2)CC1. The molecule has 0 bridgehead atoms. The van der Waals surface area contributed by atoms with Gasteiger partial charge in [-0.3, -0.25) is 4.79 Å². The zero-order valence-corrected chi connectivity index (χ0v) is 10.3. The lowest BCUT2D eigenvalue weighted by Gasteiger charge is -2.32. The highest BCUT2D eigenvalue weighted by Crippen LogP contribution is 2.04. The van der Waals surface area contributed by atoms with E-state index in [4.69, 9.17) is 5.73 Å². The molecule has 1 saturated heterocycles. The van der Waals surface area contributed by atoms with Gasteiger partial charge in [-0.2, -0.15) is 0 Å².